The van der Waals surface area contributed by atoms with Crippen molar-refractivity contribution in [3.8, 4) is 22.7 Å². The van der Waals surface area contributed by atoms with Crippen molar-refractivity contribution >= 4 is 11.7 Å². The summed E-state index contributed by atoms with van der Waals surface area (Å²) in [4.78, 5) is 21.2. The number of rotatable bonds is 4. The Bertz CT molecular complexity index is 1310. The number of oxazole rings is 1. The maximum absolute atomic E-state index is 15.2. The molecule has 33 heavy (non-hydrogen) atoms. The van der Waals surface area contributed by atoms with Gasteiger partial charge >= 0.3 is 6.09 Å². The average Bonchev–Trinajstić information content (AvgIpc) is 3.42. The SMILES string of the molecule is Cc1ccn2c(C[C@H]3CN(C(=O)O)CCO3)c(-c3c(F)cc(-c4ncco4)cc3F)nc2c1. The lowest BCUT2D eigenvalue weighted by Gasteiger charge is -2.31. The predicted molar refractivity (Wildman–Crippen MR) is 114 cm³/mol. The average molecular weight is 454 g/mol. The Morgan fingerprint density at radius 2 is 2.06 bits per heavy atom. The summed E-state index contributed by atoms with van der Waals surface area (Å²) in [6, 6.07) is 6.00. The Morgan fingerprint density at radius 3 is 2.76 bits per heavy atom. The molecule has 10 heteroatoms. The lowest BCUT2D eigenvalue weighted by atomic mass is 10.0. The largest absolute Gasteiger partial charge is 0.465 e. The Labute approximate surface area is 187 Å². The minimum absolute atomic E-state index is 0.106. The van der Waals surface area contributed by atoms with Crippen molar-refractivity contribution in [2.75, 3.05) is 19.7 Å². The van der Waals surface area contributed by atoms with Crippen LogP contribution >= 0.6 is 0 Å². The number of benzene rings is 1. The van der Waals surface area contributed by atoms with E-state index in [2.05, 4.69) is 9.97 Å². The molecule has 8 nitrogen and oxygen atoms in total. The van der Waals surface area contributed by atoms with E-state index in [9.17, 15) is 9.90 Å². The van der Waals surface area contributed by atoms with Gasteiger partial charge in [0.1, 0.15) is 23.5 Å². The second-order valence-electron chi connectivity index (χ2n) is 7.92. The van der Waals surface area contributed by atoms with E-state index in [1.807, 2.05) is 19.1 Å². The predicted octanol–water partition coefficient (Wildman–Crippen LogP) is 4.16. The number of imidazole rings is 1. The van der Waals surface area contributed by atoms with Gasteiger partial charge < -0.3 is 23.6 Å². The summed E-state index contributed by atoms with van der Waals surface area (Å²) in [6.07, 6.45) is 3.22. The third-order valence-electron chi connectivity index (χ3n) is 5.67. The molecule has 1 amide bonds. The second-order valence-corrected chi connectivity index (χ2v) is 7.92. The van der Waals surface area contributed by atoms with Crippen molar-refractivity contribution in [3.63, 3.8) is 0 Å². The van der Waals surface area contributed by atoms with E-state index in [0.717, 1.165) is 17.7 Å². The van der Waals surface area contributed by atoms with Gasteiger partial charge in [-0.2, -0.15) is 0 Å². The molecule has 0 saturated carbocycles. The van der Waals surface area contributed by atoms with Crippen LogP contribution in [-0.2, 0) is 11.2 Å². The standard InChI is InChI=1S/C23H20F2N4O4/c1-13-2-4-29-18(11-15-12-28(23(30)31)5-7-32-15)21(27-19(29)8-13)20-16(24)9-14(10-17(20)25)22-26-3-6-33-22/h2-4,6,8-10,15H,5,7,11-12H2,1H3,(H,30,31)/t15-/m0/s1. The highest BCUT2D eigenvalue weighted by molar-refractivity contribution is 5.71. The van der Waals surface area contributed by atoms with Crippen LogP contribution in [0.15, 0.2) is 47.3 Å². The van der Waals surface area contributed by atoms with Gasteiger partial charge in [-0.1, -0.05) is 0 Å². The minimum Gasteiger partial charge on any atom is -0.465 e. The molecule has 0 bridgehead atoms. The van der Waals surface area contributed by atoms with Crippen LogP contribution in [0.1, 0.15) is 11.3 Å². The Balaban J connectivity index is 1.61. The monoisotopic (exact) mass is 454 g/mol. The van der Waals surface area contributed by atoms with E-state index in [1.54, 1.807) is 10.6 Å². The van der Waals surface area contributed by atoms with Gasteiger partial charge in [0.25, 0.3) is 0 Å². The molecule has 0 aliphatic carbocycles. The van der Waals surface area contributed by atoms with Gasteiger partial charge in [0.2, 0.25) is 5.89 Å². The summed E-state index contributed by atoms with van der Waals surface area (Å²) in [6.45, 7) is 2.57. The number of carboxylic acid groups (broad SMARTS) is 1. The van der Waals surface area contributed by atoms with Crippen molar-refractivity contribution in [2.45, 2.75) is 19.4 Å². The molecule has 0 spiro atoms. The van der Waals surface area contributed by atoms with Gasteiger partial charge in [0, 0.05) is 24.7 Å². The summed E-state index contributed by atoms with van der Waals surface area (Å²) >= 11 is 0. The number of aryl methyl sites for hydroxylation is 1. The number of fused-ring (bicyclic) bond motifs is 1. The van der Waals surface area contributed by atoms with E-state index < -0.39 is 23.8 Å². The molecule has 4 heterocycles. The van der Waals surface area contributed by atoms with E-state index in [1.165, 1.54) is 17.4 Å². The van der Waals surface area contributed by atoms with Crippen molar-refractivity contribution in [1.82, 2.24) is 19.3 Å². The topological polar surface area (TPSA) is 93.1 Å². The van der Waals surface area contributed by atoms with Gasteiger partial charge in [-0.25, -0.2) is 23.5 Å². The second kappa shape index (κ2) is 8.28. The lowest BCUT2D eigenvalue weighted by Crippen LogP contribution is -2.45. The van der Waals surface area contributed by atoms with Crippen LogP contribution in [-0.4, -0.2) is 56.3 Å². The van der Waals surface area contributed by atoms with Crippen molar-refractivity contribution in [3.05, 3.63) is 65.8 Å². The van der Waals surface area contributed by atoms with Crippen LogP contribution in [0, 0.1) is 18.6 Å². The molecule has 1 N–H and O–H groups in total. The molecule has 1 saturated heterocycles. The maximum Gasteiger partial charge on any atom is 0.407 e. The van der Waals surface area contributed by atoms with Crippen LogP contribution in [0.2, 0.25) is 0 Å². The van der Waals surface area contributed by atoms with Crippen LogP contribution in [0.3, 0.4) is 0 Å². The van der Waals surface area contributed by atoms with E-state index in [0.29, 0.717) is 11.3 Å². The molecule has 170 valence electrons. The van der Waals surface area contributed by atoms with Crippen molar-refractivity contribution in [2.24, 2.45) is 0 Å². The molecule has 0 radical (unpaired) electrons. The smallest absolute Gasteiger partial charge is 0.407 e. The van der Waals surface area contributed by atoms with Gasteiger partial charge in [0.15, 0.2) is 0 Å². The summed E-state index contributed by atoms with van der Waals surface area (Å²) in [5, 5.41) is 9.34. The van der Waals surface area contributed by atoms with Crippen molar-refractivity contribution in [1.29, 1.82) is 0 Å². The fraction of sp³-hybridized carbons (Fsp3) is 0.261. The Morgan fingerprint density at radius 1 is 1.27 bits per heavy atom. The first-order valence-electron chi connectivity index (χ1n) is 10.4. The molecular weight excluding hydrogens is 434 g/mol. The third kappa shape index (κ3) is 3.93. The number of ether oxygens (including phenoxy) is 1. The molecule has 3 aromatic heterocycles. The van der Waals surface area contributed by atoms with Crippen LogP contribution < -0.4 is 0 Å². The van der Waals surface area contributed by atoms with E-state index in [4.69, 9.17) is 9.15 Å². The van der Waals surface area contributed by atoms with Gasteiger partial charge in [-0.3, -0.25) is 0 Å². The van der Waals surface area contributed by atoms with Crippen LogP contribution in [0.4, 0.5) is 13.6 Å². The quantitative estimate of drug-likeness (QED) is 0.498. The first-order valence-corrected chi connectivity index (χ1v) is 10.4. The summed E-state index contributed by atoms with van der Waals surface area (Å²) in [5.41, 5.74) is 2.05. The molecule has 1 fully saturated rings. The summed E-state index contributed by atoms with van der Waals surface area (Å²) in [5.74, 6) is -1.50. The Hall–Kier alpha value is -3.79. The molecule has 1 aliphatic heterocycles. The van der Waals surface area contributed by atoms with Gasteiger partial charge in [-0.15, -0.1) is 0 Å². The number of hydrogen-bond donors (Lipinski definition) is 1. The highest BCUT2D eigenvalue weighted by Gasteiger charge is 2.28. The molecule has 0 unspecified atom stereocenters. The molecule has 4 aromatic rings. The number of pyridine rings is 1. The van der Waals surface area contributed by atoms with Gasteiger partial charge in [-0.05, 0) is 36.8 Å². The zero-order valence-corrected chi connectivity index (χ0v) is 17.7. The number of hydrogen-bond acceptors (Lipinski definition) is 5. The molecule has 1 aromatic carbocycles. The first-order chi connectivity index (χ1) is 15.9. The normalized spacial score (nSPS) is 16.5. The van der Waals surface area contributed by atoms with Crippen LogP contribution in [0.5, 0.6) is 0 Å². The minimum atomic E-state index is -1.03. The highest BCUT2D eigenvalue weighted by Crippen LogP contribution is 2.34. The number of amides is 1. The lowest BCUT2D eigenvalue weighted by molar-refractivity contribution is -0.0214. The molecule has 5 rings (SSSR count). The van der Waals surface area contributed by atoms with Crippen LogP contribution in [0.25, 0.3) is 28.4 Å². The highest BCUT2D eigenvalue weighted by atomic mass is 19.1. The molecule has 1 aliphatic rings. The summed E-state index contributed by atoms with van der Waals surface area (Å²) < 4.78 is 43.2. The Kier molecular flexibility index (Phi) is 5.29. The number of aromatic nitrogens is 3. The molecular formula is C23H20F2N4O4. The fourth-order valence-corrected chi connectivity index (χ4v) is 4.11. The number of carbonyl (C=O) groups is 1. The van der Waals surface area contributed by atoms with Crippen molar-refractivity contribution < 1.29 is 27.8 Å². The number of morpholine rings is 1. The van der Waals surface area contributed by atoms with E-state index in [-0.39, 0.29) is 48.8 Å². The zero-order chi connectivity index (χ0) is 23.1. The first kappa shape index (κ1) is 21.1. The summed E-state index contributed by atoms with van der Waals surface area (Å²) in [7, 11) is 0. The zero-order valence-electron chi connectivity index (χ0n) is 17.7. The number of halogens is 2. The molecule has 1 atom stereocenters. The van der Waals surface area contributed by atoms with E-state index >= 15 is 8.78 Å². The number of nitrogens with zero attached hydrogens (tertiary/aromatic N) is 4. The third-order valence-corrected chi connectivity index (χ3v) is 5.67. The fourth-order valence-electron chi connectivity index (χ4n) is 4.11. The maximum atomic E-state index is 15.2. The van der Waals surface area contributed by atoms with Gasteiger partial charge in [0.05, 0.1) is 42.4 Å².